The highest BCUT2D eigenvalue weighted by atomic mass is 79.9. The Morgan fingerprint density at radius 3 is 2.26 bits per heavy atom. The van der Waals surface area contributed by atoms with Gasteiger partial charge in [-0.15, -0.1) is 11.8 Å². The molecule has 144 valence electrons. The van der Waals surface area contributed by atoms with Crippen LogP contribution in [0.1, 0.15) is 19.8 Å². The second-order valence-electron chi connectivity index (χ2n) is 6.34. The Bertz CT molecular complexity index is 894. The van der Waals surface area contributed by atoms with Crippen LogP contribution in [0.25, 0.3) is 0 Å². The molecule has 27 heavy (non-hydrogen) atoms. The summed E-state index contributed by atoms with van der Waals surface area (Å²) in [5.74, 6) is -0.127. The van der Waals surface area contributed by atoms with Crippen LogP contribution in [0.4, 0.5) is 5.69 Å². The summed E-state index contributed by atoms with van der Waals surface area (Å²) in [5.41, 5.74) is 0.587. The van der Waals surface area contributed by atoms with Crippen molar-refractivity contribution in [2.75, 3.05) is 18.4 Å². The Kier molecular flexibility index (Phi) is 6.62. The average Bonchev–Trinajstić information content (AvgIpc) is 3.19. The molecule has 0 saturated carbocycles. The summed E-state index contributed by atoms with van der Waals surface area (Å²) >= 11 is 4.86. The molecule has 3 rings (SSSR count). The van der Waals surface area contributed by atoms with Gasteiger partial charge >= 0.3 is 0 Å². The predicted molar refractivity (Wildman–Crippen MR) is 113 cm³/mol. The molecule has 1 amide bonds. The molecule has 1 aliphatic heterocycles. The van der Waals surface area contributed by atoms with E-state index in [9.17, 15) is 13.2 Å². The second-order valence-corrected chi connectivity index (χ2v) is 10.6. The minimum absolute atomic E-state index is 0.127. The van der Waals surface area contributed by atoms with Crippen LogP contribution in [-0.4, -0.2) is 37.0 Å². The quantitative estimate of drug-likeness (QED) is 0.639. The van der Waals surface area contributed by atoms with Crippen LogP contribution < -0.4 is 5.32 Å². The second kappa shape index (κ2) is 8.77. The number of sulfonamides is 1. The molecule has 0 spiro atoms. The molecule has 1 heterocycles. The summed E-state index contributed by atoms with van der Waals surface area (Å²) in [6.07, 6.45) is 1.81. The first kappa shape index (κ1) is 20.4. The van der Waals surface area contributed by atoms with Gasteiger partial charge in [0.05, 0.1) is 10.1 Å². The van der Waals surface area contributed by atoms with Gasteiger partial charge in [0, 0.05) is 28.1 Å². The van der Waals surface area contributed by atoms with Gasteiger partial charge < -0.3 is 5.32 Å². The Morgan fingerprint density at radius 1 is 1.07 bits per heavy atom. The van der Waals surface area contributed by atoms with Crippen LogP contribution in [0.15, 0.2) is 62.8 Å². The Balaban J connectivity index is 1.61. The molecule has 1 fully saturated rings. The molecule has 0 aromatic heterocycles. The van der Waals surface area contributed by atoms with Crippen molar-refractivity contribution in [2.45, 2.75) is 34.8 Å². The number of nitrogens with zero attached hydrogens (tertiary/aromatic N) is 1. The highest BCUT2D eigenvalue weighted by molar-refractivity contribution is 9.10. The van der Waals surface area contributed by atoms with E-state index >= 15 is 0 Å². The summed E-state index contributed by atoms with van der Waals surface area (Å²) in [5, 5.41) is 2.57. The monoisotopic (exact) mass is 468 g/mol. The van der Waals surface area contributed by atoms with E-state index in [0.29, 0.717) is 18.8 Å². The number of hydrogen-bond donors (Lipinski definition) is 1. The maximum Gasteiger partial charge on any atom is 0.243 e. The Labute approximate surface area is 172 Å². The van der Waals surface area contributed by atoms with E-state index in [4.69, 9.17) is 0 Å². The van der Waals surface area contributed by atoms with Crippen molar-refractivity contribution in [3.8, 4) is 0 Å². The Morgan fingerprint density at radius 2 is 1.67 bits per heavy atom. The van der Waals surface area contributed by atoms with Gasteiger partial charge in [-0.3, -0.25) is 4.79 Å². The van der Waals surface area contributed by atoms with Crippen molar-refractivity contribution in [2.24, 2.45) is 0 Å². The highest BCUT2D eigenvalue weighted by Crippen LogP contribution is 2.26. The SMILES string of the molecule is CC(Sc1ccc(Br)cc1)C(=O)Nc1ccc(S(=O)(=O)N2CCCC2)cc1. The van der Waals surface area contributed by atoms with Crippen molar-refractivity contribution >= 4 is 49.3 Å². The lowest BCUT2D eigenvalue weighted by Gasteiger charge is -2.16. The number of hydrogen-bond acceptors (Lipinski definition) is 4. The molecular weight excluding hydrogens is 448 g/mol. The fourth-order valence-electron chi connectivity index (χ4n) is 2.80. The molecule has 5 nitrogen and oxygen atoms in total. The third-order valence-electron chi connectivity index (χ3n) is 4.32. The maximum atomic E-state index is 12.5. The van der Waals surface area contributed by atoms with Gasteiger partial charge in [-0.2, -0.15) is 4.31 Å². The fraction of sp³-hybridized carbons (Fsp3) is 0.316. The molecule has 2 aromatic carbocycles. The summed E-state index contributed by atoms with van der Waals surface area (Å²) in [6.45, 7) is 2.99. The van der Waals surface area contributed by atoms with E-state index in [2.05, 4.69) is 21.2 Å². The minimum Gasteiger partial charge on any atom is -0.325 e. The van der Waals surface area contributed by atoms with Crippen LogP contribution in [0.3, 0.4) is 0 Å². The predicted octanol–water partition coefficient (Wildman–Crippen LogP) is 4.35. The lowest BCUT2D eigenvalue weighted by Crippen LogP contribution is -2.27. The molecule has 0 bridgehead atoms. The van der Waals surface area contributed by atoms with Crippen molar-refractivity contribution in [1.82, 2.24) is 4.31 Å². The van der Waals surface area contributed by atoms with Crippen LogP contribution in [0.2, 0.25) is 0 Å². The topological polar surface area (TPSA) is 66.5 Å². The van der Waals surface area contributed by atoms with Crippen LogP contribution in [0, 0.1) is 0 Å². The molecule has 0 aliphatic carbocycles. The third kappa shape index (κ3) is 5.13. The van der Waals surface area contributed by atoms with Crippen LogP contribution in [-0.2, 0) is 14.8 Å². The van der Waals surface area contributed by atoms with Gasteiger partial charge in [-0.25, -0.2) is 8.42 Å². The zero-order valence-electron chi connectivity index (χ0n) is 14.9. The molecule has 1 atom stereocenters. The molecule has 8 heteroatoms. The van der Waals surface area contributed by atoms with Crippen LogP contribution in [0.5, 0.6) is 0 Å². The molecule has 1 saturated heterocycles. The summed E-state index contributed by atoms with van der Waals surface area (Å²) in [4.78, 5) is 13.7. The van der Waals surface area contributed by atoms with E-state index in [1.165, 1.54) is 16.1 Å². The van der Waals surface area contributed by atoms with E-state index in [1.807, 2.05) is 31.2 Å². The van der Waals surface area contributed by atoms with Crippen molar-refractivity contribution in [1.29, 1.82) is 0 Å². The first-order valence-corrected chi connectivity index (χ1v) is 11.8. The highest BCUT2D eigenvalue weighted by Gasteiger charge is 2.27. The first-order valence-electron chi connectivity index (χ1n) is 8.69. The number of carbonyl (C=O) groups is 1. The zero-order valence-corrected chi connectivity index (χ0v) is 18.1. The van der Waals surface area contributed by atoms with Crippen molar-refractivity contribution < 1.29 is 13.2 Å². The van der Waals surface area contributed by atoms with E-state index in [0.717, 1.165) is 22.2 Å². The number of nitrogens with one attached hydrogen (secondary N) is 1. The lowest BCUT2D eigenvalue weighted by atomic mass is 10.3. The van der Waals surface area contributed by atoms with Gasteiger partial charge in [0.2, 0.25) is 15.9 Å². The smallest absolute Gasteiger partial charge is 0.243 e. The van der Waals surface area contributed by atoms with Crippen molar-refractivity contribution in [3.05, 3.63) is 53.0 Å². The van der Waals surface area contributed by atoms with E-state index in [1.54, 1.807) is 24.3 Å². The number of rotatable bonds is 6. The standard InChI is InChI=1S/C19H21BrN2O3S2/c1-14(26-17-8-4-15(20)5-9-17)19(23)21-16-6-10-18(11-7-16)27(24,25)22-12-2-3-13-22/h4-11,14H,2-3,12-13H2,1H3,(H,21,23). The summed E-state index contributed by atoms with van der Waals surface area (Å²) < 4.78 is 27.6. The van der Waals surface area contributed by atoms with Gasteiger partial charge in [0.25, 0.3) is 0 Å². The number of benzene rings is 2. The number of halogens is 1. The van der Waals surface area contributed by atoms with E-state index in [-0.39, 0.29) is 16.1 Å². The lowest BCUT2D eigenvalue weighted by molar-refractivity contribution is -0.115. The van der Waals surface area contributed by atoms with Crippen molar-refractivity contribution in [3.63, 3.8) is 0 Å². The molecule has 2 aromatic rings. The van der Waals surface area contributed by atoms with Gasteiger partial charge in [-0.05, 0) is 68.3 Å². The fourth-order valence-corrected chi connectivity index (χ4v) is 5.45. The average molecular weight is 469 g/mol. The van der Waals surface area contributed by atoms with Crippen LogP contribution >= 0.6 is 27.7 Å². The Hall–Kier alpha value is -1.35. The normalized spacial score (nSPS) is 16.2. The zero-order chi connectivity index (χ0) is 19.4. The molecule has 1 N–H and O–H groups in total. The summed E-state index contributed by atoms with van der Waals surface area (Å²) in [6, 6.07) is 14.2. The molecular formula is C19H21BrN2O3S2. The maximum absolute atomic E-state index is 12.5. The number of amides is 1. The summed E-state index contributed by atoms with van der Waals surface area (Å²) in [7, 11) is -3.43. The molecule has 1 unspecified atom stereocenters. The van der Waals surface area contributed by atoms with Gasteiger partial charge in [0.1, 0.15) is 0 Å². The first-order chi connectivity index (χ1) is 12.9. The van der Waals surface area contributed by atoms with Gasteiger partial charge in [0.15, 0.2) is 0 Å². The van der Waals surface area contributed by atoms with E-state index < -0.39 is 10.0 Å². The number of thioether (sulfide) groups is 1. The minimum atomic E-state index is -3.43. The number of carbonyl (C=O) groups excluding carboxylic acids is 1. The molecule has 1 aliphatic rings. The largest absolute Gasteiger partial charge is 0.325 e. The number of anilines is 1. The third-order valence-corrected chi connectivity index (χ3v) is 7.87. The van der Waals surface area contributed by atoms with Gasteiger partial charge in [-0.1, -0.05) is 15.9 Å². The molecule has 0 radical (unpaired) electrons.